The lowest BCUT2D eigenvalue weighted by Gasteiger charge is -2.13. The molecule has 4 aromatic rings. The molecule has 0 aliphatic heterocycles. The van der Waals surface area contributed by atoms with E-state index in [2.05, 4.69) is 9.97 Å². The van der Waals surface area contributed by atoms with Gasteiger partial charge in [-0.1, -0.05) is 31.2 Å². The van der Waals surface area contributed by atoms with E-state index in [0.29, 0.717) is 34.4 Å². The Kier molecular flexibility index (Phi) is 7.74. The van der Waals surface area contributed by atoms with E-state index in [0.717, 1.165) is 11.8 Å². The number of nitrogens with zero attached hydrogens (tertiary/aromatic N) is 3. The number of carbonyl (C=O) groups excluding carboxylic acids is 2. The van der Waals surface area contributed by atoms with Gasteiger partial charge in [-0.3, -0.25) is 9.59 Å². The Bertz CT molecular complexity index is 1820. The predicted molar refractivity (Wildman–Crippen MR) is 148 cm³/mol. The Labute approximate surface area is 228 Å². The SMILES string of the molecule is CCc1cc(C(=O)OC(=O)c2cc(C#N)c(-c3ccc(N(C)C)cc3)[nH]c2=O)c(=O)[nH]c1-c1ccc(C#N)cc1. The van der Waals surface area contributed by atoms with E-state index in [1.807, 2.05) is 50.2 Å². The topological polar surface area (TPSA) is 160 Å². The van der Waals surface area contributed by atoms with Gasteiger partial charge in [0.2, 0.25) is 0 Å². The highest BCUT2D eigenvalue weighted by atomic mass is 16.6. The second-order valence-corrected chi connectivity index (χ2v) is 8.99. The number of H-pyrrole nitrogens is 2. The minimum Gasteiger partial charge on any atom is -0.385 e. The van der Waals surface area contributed by atoms with Crippen LogP contribution in [0.5, 0.6) is 0 Å². The van der Waals surface area contributed by atoms with Gasteiger partial charge in [-0.05, 0) is 59.5 Å². The first-order chi connectivity index (χ1) is 19.2. The summed E-state index contributed by atoms with van der Waals surface area (Å²) in [7, 11) is 3.75. The molecular weight excluding hydrogens is 510 g/mol. The summed E-state index contributed by atoms with van der Waals surface area (Å²) in [6, 6.07) is 20.0. The Morgan fingerprint density at radius 3 is 1.85 bits per heavy atom. The Balaban J connectivity index is 1.62. The number of aromatic amines is 2. The maximum atomic E-state index is 12.8. The molecule has 10 nitrogen and oxygen atoms in total. The molecule has 0 spiro atoms. The first-order valence-corrected chi connectivity index (χ1v) is 12.1. The van der Waals surface area contributed by atoms with Crippen LogP contribution >= 0.6 is 0 Å². The molecule has 0 bridgehead atoms. The van der Waals surface area contributed by atoms with E-state index in [1.54, 1.807) is 36.4 Å². The number of benzene rings is 2. The van der Waals surface area contributed by atoms with Crippen molar-refractivity contribution in [3.63, 3.8) is 0 Å². The molecule has 0 saturated carbocycles. The number of hydrogen-bond donors (Lipinski definition) is 2. The fraction of sp³-hybridized carbons (Fsp3) is 0.133. The van der Waals surface area contributed by atoms with E-state index >= 15 is 0 Å². The number of nitrogens with one attached hydrogen (secondary N) is 2. The maximum Gasteiger partial charge on any atom is 0.351 e. The molecule has 2 aromatic heterocycles. The summed E-state index contributed by atoms with van der Waals surface area (Å²) in [5.41, 5.74) is 1.19. The first-order valence-electron chi connectivity index (χ1n) is 12.1. The number of pyridine rings is 2. The lowest BCUT2D eigenvalue weighted by atomic mass is 10.0. The Morgan fingerprint density at radius 1 is 0.800 bits per heavy atom. The van der Waals surface area contributed by atoms with Crippen molar-refractivity contribution in [2.24, 2.45) is 0 Å². The minimum absolute atomic E-state index is 0.00510. The molecule has 40 heavy (non-hydrogen) atoms. The molecule has 0 aliphatic carbocycles. The third-order valence-corrected chi connectivity index (χ3v) is 6.27. The number of ether oxygens (including phenoxy) is 1. The van der Waals surface area contributed by atoms with Crippen molar-refractivity contribution in [1.82, 2.24) is 9.97 Å². The standard InChI is InChI=1S/C30H23N5O5/c1-4-18-13-23(27(36)33-25(18)19-7-5-17(15-31)6-8-19)29(38)40-30(39)24-14-21(16-32)26(34-28(24)37)20-9-11-22(12-10-20)35(2)3/h5-14H,4H2,1-3H3,(H,33,36)(H,34,37). The van der Waals surface area contributed by atoms with Gasteiger partial charge in [0, 0.05) is 19.8 Å². The molecule has 0 amide bonds. The Hall–Kier alpha value is -5.74. The largest absolute Gasteiger partial charge is 0.385 e. The van der Waals surface area contributed by atoms with Crippen LogP contribution in [0.25, 0.3) is 22.5 Å². The lowest BCUT2D eigenvalue weighted by Crippen LogP contribution is -2.26. The number of esters is 2. The van der Waals surface area contributed by atoms with E-state index < -0.39 is 34.2 Å². The van der Waals surface area contributed by atoms with Crippen LogP contribution in [-0.2, 0) is 11.2 Å². The molecule has 4 rings (SSSR count). The average molecular weight is 534 g/mol. The highest BCUT2D eigenvalue weighted by Gasteiger charge is 2.23. The van der Waals surface area contributed by atoms with Crippen LogP contribution in [0.2, 0.25) is 0 Å². The van der Waals surface area contributed by atoms with Crippen molar-refractivity contribution in [3.05, 3.63) is 109 Å². The van der Waals surface area contributed by atoms with E-state index in [4.69, 9.17) is 10.00 Å². The number of rotatable bonds is 6. The first kappa shape index (κ1) is 27.3. The van der Waals surface area contributed by atoms with Crippen LogP contribution < -0.4 is 16.0 Å². The molecule has 2 aromatic carbocycles. The zero-order valence-corrected chi connectivity index (χ0v) is 21.9. The van der Waals surface area contributed by atoms with Crippen LogP contribution in [0, 0.1) is 22.7 Å². The third kappa shape index (κ3) is 5.42. The third-order valence-electron chi connectivity index (χ3n) is 6.27. The predicted octanol–water partition coefficient (Wildman–Crippen LogP) is 3.77. The normalized spacial score (nSPS) is 10.3. The molecule has 10 heteroatoms. The van der Waals surface area contributed by atoms with Gasteiger partial charge in [0.1, 0.15) is 17.2 Å². The fourth-order valence-electron chi connectivity index (χ4n) is 4.09. The molecule has 2 N–H and O–H groups in total. The number of hydrogen-bond acceptors (Lipinski definition) is 8. The second kappa shape index (κ2) is 11.3. The zero-order chi connectivity index (χ0) is 29.0. The summed E-state index contributed by atoms with van der Waals surface area (Å²) < 4.78 is 4.88. The Morgan fingerprint density at radius 2 is 1.32 bits per heavy atom. The zero-order valence-electron chi connectivity index (χ0n) is 21.9. The van der Waals surface area contributed by atoms with Gasteiger partial charge < -0.3 is 19.6 Å². The molecule has 0 aliphatic rings. The number of nitriles is 2. The molecule has 198 valence electrons. The van der Waals surface area contributed by atoms with Crippen molar-refractivity contribution in [1.29, 1.82) is 10.5 Å². The summed E-state index contributed by atoms with van der Waals surface area (Å²) in [5.74, 6) is -2.54. The van der Waals surface area contributed by atoms with Gasteiger partial charge in [0.25, 0.3) is 11.1 Å². The maximum absolute atomic E-state index is 12.8. The number of carbonyl (C=O) groups is 2. The monoisotopic (exact) mass is 533 g/mol. The molecule has 0 atom stereocenters. The van der Waals surface area contributed by atoms with Crippen molar-refractivity contribution < 1.29 is 14.3 Å². The summed E-state index contributed by atoms with van der Waals surface area (Å²) in [6.07, 6.45) is 0.433. The molecule has 0 fully saturated rings. The van der Waals surface area contributed by atoms with Crippen molar-refractivity contribution >= 4 is 17.6 Å². The van der Waals surface area contributed by atoms with Gasteiger partial charge in [-0.15, -0.1) is 0 Å². The van der Waals surface area contributed by atoms with E-state index in [1.165, 1.54) is 6.07 Å². The van der Waals surface area contributed by atoms with Crippen LogP contribution in [0.1, 0.15) is 44.3 Å². The summed E-state index contributed by atoms with van der Waals surface area (Å²) in [4.78, 5) is 58.2. The number of aryl methyl sites for hydroxylation is 1. The number of aromatic nitrogens is 2. The molecule has 0 radical (unpaired) electrons. The average Bonchev–Trinajstić information content (AvgIpc) is 2.96. The molecule has 2 heterocycles. The van der Waals surface area contributed by atoms with E-state index in [9.17, 15) is 24.4 Å². The summed E-state index contributed by atoms with van der Waals surface area (Å²) in [5, 5.41) is 18.7. The van der Waals surface area contributed by atoms with Crippen LogP contribution in [0.4, 0.5) is 5.69 Å². The van der Waals surface area contributed by atoms with Gasteiger partial charge in [0.15, 0.2) is 0 Å². The smallest absolute Gasteiger partial charge is 0.351 e. The number of anilines is 1. The van der Waals surface area contributed by atoms with Crippen molar-refractivity contribution in [2.45, 2.75) is 13.3 Å². The highest BCUT2D eigenvalue weighted by Crippen LogP contribution is 2.24. The molecule has 0 unspecified atom stereocenters. The van der Waals surface area contributed by atoms with Crippen molar-refractivity contribution in [3.8, 4) is 34.7 Å². The minimum atomic E-state index is -1.30. The summed E-state index contributed by atoms with van der Waals surface area (Å²) in [6.45, 7) is 1.82. The summed E-state index contributed by atoms with van der Waals surface area (Å²) >= 11 is 0. The second-order valence-electron chi connectivity index (χ2n) is 8.99. The van der Waals surface area contributed by atoms with Crippen LogP contribution in [0.3, 0.4) is 0 Å². The highest BCUT2D eigenvalue weighted by molar-refractivity contribution is 6.02. The molecule has 0 saturated heterocycles. The van der Waals surface area contributed by atoms with Gasteiger partial charge in [0.05, 0.1) is 28.6 Å². The molecular formula is C30H23N5O5. The van der Waals surface area contributed by atoms with Gasteiger partial charge in [-0.25, -0.2) is 9.59 Å². The lowest BCUT2D eigenvalue weighted by molar-refractivity contribution is 0.0395. The quantitative estimate of drug-likeness (QED) is 0.280. The van der Waals surface area contributed by atoms with Crippen LogP contribution in [-0.4, -0.2) is 36.0 Å². The van der Waals surface area contributed by atoms with Gasteiger partial charge >= 0.3 is 11.9 Å². The van der Waals surface area contributed by atoms with Gasteiger partial charge in [-0.2, -0.15) is 10.5 Å². The van der Waals surface area contributed by atoms with Crippen molar-refractivity contribution in [2.75, 3.05) is 19.0 Å². The van der Waals surface area contributed by atoms with E-state index in [-0.39, 0.29) is 11.3 Å². The van der Waals surface area contributed by atoms with Crippen LogP contribution in [0.15, 0.2) is 70.3 Å². The fourth-order valence-corrected chi connectivity index (χ4v) is 4.09.